The van der Waals surface area contributed by atoms with Gasteiger partial charge in [0, 0.05) is 18.6 Å². The van der Waals surface area contributed by atoms with E-state index in [-0.39, 0.29) is 18.8 Å². The number of carbonyl (C=O) groups excluding carboxylic acids is 1. The van der Waals surface area contributed by atoms with E-state index in [0.29, 0.717) is 23.5 Å². The predicted molar refractivity (Wildman–Crippen MR) is 67.8 cm³/mol. The van der Waals surface area contributed by atoms with Crippen molar-refractivity contribution >= 4 is 5.78 Å². The minimum Gasteiger partial charge on any atom is -0.493 e. The Balaban J connectivity index is 2.79. The lowest BCUT2D eigenvalue weighted by atomic mass is 10.1. The number of aliphatic hydroxyl groups is 1. The van der Waals surface area contributed by atoms with Crippen molar-refractivity contribution in [2.24, 2.45) is 0 Å². The van der Waals surface area contributed by atoms with Crippen LogP contribution in [0.5, 0.6) is 11.5 Å². The maximum atomic E-state index is 11.3. The van der Waals surface area contributed by atoms with Gasteiger partial charge in [0.15, 0.2) is 11.5 Å². The summed E-state index contributed by atoms with van der Waals surface area (Å²) in [6, 6.07) is 5.21. The van der Waals surface area contributed by atoms with Gasteiger partial charge in [0.1, 0.15) is 0 Å². The Morgan fingerprint density at radius 2 is 2.00 bits per heavy atom. The summed E-state index contributed by atoms with van der Waals surface area (Å²) in [6.45, 7) is 0.00375. The van der Waals surface area contributed by atoms with E-state index in [1.807, 2.05) is 0 Å². The molecule has 0 atom stereocenters. The summed E-state index contributed by atoms with van der Waals surface area (Å²) in [7, 11) is 3.10. The third kappa shape index (κ3) is 4.11. The molecular formula is C14H16O4. The van der Waals surface area contributed by atoms with Gasteiger partial charge in [0.05, 0.1) is 14.2 Å². The lowest BCUT2D eigenvalue weighted by Gasteiger charge is -2.06. The molecule has 0 saturated carbocycles. The summed E-state index contributed by atoms with van der Waals surface area (Å²) < 4.78 is 10.2. The van der Waals surface area contributed by atoms with Crippen molar-refractivity contribution in [2.75, 3.05) is 20.8 Å². The van der Waals surface area contributed by atoms with Crippen molar-refractivity contribution in [2.45, 2.75) is 12.8 Å². The van der Waals surface area contributed by atoms with E-state index in [0.717, 1.165) is 0 Å². The third-order valence-corrected chi connectivity index (χ3v) is 2.29. The summed E-state index contributed by atoms with van der Waals surface area (Å²) in [5.41, 5.74) is 0.685. The second-order valence-electron chi connectivity index (χ2n) is 3.57. The lowest BCUT2D eigenvalue weighted by Crippen LogP contribution is -1.95. The normalized spacial score (nSPS) is 9.28. The molecule has 0 aliphatic rings. The SMILES string of the molecule is COc1ccc(C#CC(=O)CCCO)cc1OC. The molecule has 0 heterocycles. The monoisotopic (exact) mass is 248 g/mol. The number of benzene rings is 1. The van der Waals surface area contributed by atoms with Crippen LogP contribution in [-0.2, 0) is 4.79 Å². The molecule has 1 N–H and O–H groups in total. The second kappa shape index (κ2) is 7.36. The van der Waals surface area contributed by atoms with Gasteiger partial charge in [-0.3, -0.25) is 4.79 Å². The summed E-state index contributed by atoms with van der Waals surface area (Å²) in [5, 5.41) is 8.60. The molecule has 0 aliphatic heterocycles. The molecule has 0 fully saturated rings. The van der Waals surface area contributed by atoms with Crippen LogP contribution in [0.25, 0.3) is 0 Å². The molecule has 0 unspecified atom stereocenters. The van der Waals surface area contributed by atoms with E-state index in [2.05, 4.69) is 11.8 Å². The zero-order valence-corrected chi connectivity index (χ0v) is 10.5. The first kappa shape index (κ1) is 14.1. The van der Waals surface area contributed by atoms with Gasteiger partial charge in [-0.05, 0) is 30.5 Å². The standard InChI is InChI=1S/C14H16O4/c1-17-13-8-6-11(10-14(13)18-2)5-7-12(16)4-3-9-15/h6,8,10,15H,3-4,9H2,1-2H3. The van der Waals surface area contributed by atoms with Crippen LogP contribution in [0, 0.1) is 11.8 Å². The molecule has 4 nitrogen and oxygen atoms in total. The Bertz CT molecular complexity index is 468. The van der Waals surface area contributed by atoms with Gasteiger partial charge in [0.25, 0.3) is 0 Å². The largest absolute Gasteiger partial charge is 0.493 e. The highest BCUT2D eigenvalue weighted by atomic mass is 16.5. The number of ether oxygens (including phenoxy) is 2. The van der Waals surface area contributed by atoms with Crippen molar-refractivity contribution < 1.29 is 19.4 Å². The predicted octanol–water partition coefficient (Wildman–Crippen LogP) is 1.40. The number of carbonyl (C=O) groups is 1. The number of Topliss-reactive ketones (excluding diaryl/α,β-unsaturated/α-hetero) is 1. The molecule has 0 spiro atoms. The van der Waals surface area contributed by atoms with E-state index in [1.54, 1.807) is 32.4 Å². The first-order valence-corrected chi connectivity index (χ1v) is 5.59. The maximum Gasteiger partial charge on any atom is 0.205 e. The van der Waals surface area contributed by atoms with Crippen molar-refractivity contribution in [3.63, 3.8) is 0 Å². The molecule has 0 saturated heterocycles. The van der Waals surface area contributed by atoms with Crippen LogP contribution in [-0.4, -0.2) is 31.7 Å². The van der Waals surface area contributed by atoms with Crippen molar-refractivity contribution in [3.8, 4) is 23.3 Å². The molecule has 18 heavy (non-hydrogen) atoms. The van der Waals surface area contributed by atoms with Crippen molar-refractivity contribution in [3.05, 3.63) is 23.8 Å². The zero-order chi connectivity index (χ0) is 13.4. The van der Waals surface area contributed by atoms with Crippen LogP contribution in [0.4, 0.5) is 0 Å². The van der Waals surface area contributed by atoms with E-state index < -0.39 is 0 Å². The maximum absolute atomic E-state index is 11.3. The van der Waals surface area contributed by atoms with Crippen LogP contribution < -0.4 is 9.47 Å². The van der Waals surface area contributed by atoms with Crippen molar-refractivity contribution in [1.29, 1.82) is 0 Å². The van der Waals surface area contributed by atoms with Crippen molar-refractivity contribution in [1.82, 2.24) is 0 Å². The van der Waals surface area contributed by atoms with E-state index >= 15 is 0 Å². The van der Waals surface area contributed by atoms with Crippen LogP contribution >= 0.6 is 0 Å². The highest BCUT2D eigenvalue weighted by molar-refractivity contribution is 5.95. The quantitative estimate of drug-likeness (QED) is 0.800. The van der Waals surface area contributed by atoms with Gasteiger partial charge in [-0.15, -0.1) is 0 Å². The Labute approximate surface area is 107 Å². The van der Waals surface area contributed by atoms with Gasteiger partial charge < -0.3 is 14.6 Å². The third-order valence-electron chi connectivity index (χ3n) is 2.29. The summed E-state index contributed by atoms with van der Waals surface area (Å²) in [5.74, 6) is 6.30. The highest BCUT2D eigenvalue weighted by Crippen LogP contribution is 2.27. The summed E-state index contributed by atoms with van der Waals surface area (Å²) in [6.07, 6.45) is 0.718. The molecule has 1 rings (SSSR count). The molecule has 0 aromatic heterocycles. The first-order valence-electron chi connectivity index (χ1n) is 5.59. The number of aliphatic hydroxyl groups excluding tert-OH is 1. The highest BCUT2D eigenvalue weighted by Gasteiger charge is 2.03. The molecule has 0 amide bonds. The molecule has 0 radical (unpaired) electrons. The topological polar surface area (TPSA) is 55.8 Å². The van der Waals surface area contributed by atoms with Gasteiger partial charge >= 0.3 is 0 Å². The molecule has 0 bridgehead atoms. The zero-order valence-electron chi connectivity index (χ0n) is 10.5. The average Bonchev–Trinajstić information content (AvgIpc) is 2.42. The second-order valence-corrected chi connectivity index (χ2v) is 3.57. The molecule has 1 aromatic rings. The van der Waals surface area contributed by atoms with Crippen LogP contribution in [0.3, 0.4) is 0 Å². The minimum atomic E-state index is -0.182. The Kier molecular flexibility index (Phi) is 5.75. The van der Waals surface area contributed by atoms with Gasteiger partial charge in [-0.1, -0.05) is 5.92 Å². The summed E-state index contributed by atoms with van der Waals surface area (Å²) in [4.78, 5) is 11.3. The molecule has 0 aliphatic carbocycles. The molecule has 4 heteroatoms. The fourth-order valence-electron chi connectivity index (χ4n) is 1.36. The van der Waals surface area contributed by atoms with Crippen LogP contribution in [0.15, 0.2) is 18.2 Å². The number of hydrogen-bond donors (Lipinski definition) is 1. The molecular weight excluding hydrogens is 232 g/mol. The van der Waals surface area contributed by atoms with Gasteiger partial charge in [0.2, 0.25) is 5.78 Å². The number of rotatable bonds is 5. The summed E-state index contributed by atoms with van der Waals surface area (Å²) >= 11 is 0. The van der Waals surface area contributed by atoms with Gasteiger partial charge in [-0.2, -0.15) is 0 Å². The minimum absolute atomic E-state index is 0.00375. The van der Waals surface area contributed by atoms with Crippen LogP contribution in [0.1, 0.15) is 18.4 Å². The first-order chi connectivity index (χ1) is 8.71. The Hall–Kier alpha value is -1.99. The van der Waals surface area contributed by atoms with E-state index in [4.69, 9.17) is 14.6 Å². The molecule has 1 aromatic carbocycles. The Morgan fingerprint density at radius 3 is 2.61 bits per heavy atom. The number of methoxy groups -OCH3 is 2. The van der Waals surface area contributed by atoms with E-state index in [9.17, 15) is 4.79 Å². The smallest absolute Gasteiger partial charge is 0.205 e. The number of ketones is 1. The lowest BCUT2D eigenvalue weighted by molar-refractivity contribution is -0.114. The fraction of sp³-hybridized carbons (Fsp3) is 0.357. The van der Waals surface area contributed by atoms with E-state index in [1.165, 1.54) is 0 Å². The average molecular weight is 248 g/mol. The fourth-order valence-corrected chi connectivity index (χ4v) is 1.36. The molecule has 96 valence electrons. The number of hydrogen-bond acceptors (Lipinski definition) is 4. The van der Waals surface area contributed by atoms with Gasteiger partial charge in [-0.25, -0.2) is 0 Å². The Morgan fingerprint density at radius 1 is 1.28 bits per heavy atom. The van der Waals surface area contributed by atoms with Crippen LogP contribution in [0.2, 0.25) is 0 Å².